The molecule has 3 heteroatoms. The van der Waals surface area contributed by atoms with Crippen LogP contribution in [0.3, 0.4) is 0 Å². The SMILES string of the molecule is CC(=O)[C@H]1N(C)C(C)SC1(C)C. The Morgan fingerprint density at radius 1 is 1.50 bits per heavy atom. The van der Waals surface area contributed by atoms with Crippen LogP contribution >= 0.6 is 11.8 Å². The van der Waals surface area contributed by atoms with E-state index in [4.69, 9.17) is 0 Å². The number of carbonyl (C=O) groups is 1. The minimum atomic E-state index is 0.0694. The summed E-state index contributed by atoms with van der Waals surface area (Å²) in [6.45, 7) is 8.12. The Bertz CT molecular complexity index is 203. The summed E-state index contributed by atoms with van der Waals surface area (Å²) in [5, 5.41) is 0.453. The molecule has 12 heavy (non-hydrogen) atoms. The fourth-order valence-electron chi connectivity index (χ4n) is 2.06. The summed E-state index contributed by atoms with van der Waals surface area (Å²) in [6, 6.07) is 0.0810. The summed E-state index contributed by atoms with van der Waals surface area (Å²) in [6.07, 6.45) is 0. The molecule has 0 radical (unpaired) electrons. The zero-order valence-electron chi connectivity index (χ0n) is 8.42. The zero-order chi connectivity index (χ0) is 9.52. The van der Waals surface area contributed by atoms with Gasteiger partial charge in [-0.05, 0) is 34.7 Å². The molecule has 70 valence electrons. The Kier molecular flexibility index (Phi) is 2.55. The predicted molar refractivity (Wildman–Crippen MR) is 53.4 cm³/mol. The Morgan fingerprint density at radius 3 is 2.17 bits per heavy atom. The van der Waals surface area contributed by atoms with Crippen LogP contribution in [-0.4, -0.2) is 33.9 Å². The minimum absolute atomic E-state index is 0.0694. The van der Waals surface area contributed by atoms with Gasteiger partial charge in [-0.2, -0.15) is 0 Å². The maximum atomic E-state index is 11.4. The first-order valence-electron chi connectivity index (χ1n) is 4.26. The smallest absolute Gasteiger partial charge is 0.148 e. The van der Waals surface area contributed by atoms with E-state index in [0.29, 0.717) is 5.37 Å². The number of nitrogens with zero attached hydrogens (tertiary/aromatic N) is 1. The van der Waals surface area contributed by atoms with Gasteiger partial charge in [-0.15, -0.1) is 11.8 Å². The molecule has 0 amide bonds. The van der Waals surface area contributed by atoms with E-state index in [9.17, 15) is 4.79 Å². The largest absolute Gasteiger partial charge is 0.298 e. The summed E-state index contributed by atoms with van der Waals surface area (Å²) >= 11 is 1.87. The van der Waals surface area contributed by atoms with Crippen LogP contribution in [0, 0.1) is 0 Å². The van der Waals surface area contributed by atoms with Gasteiger partial charge >= 0.3 is 0 Å². The van der Waals surface area contributed by atoms with Crippen molar-refractivity contribution in [3.63, 3.8) is 0 Å². The van der Waals surface area contributed by atoms with Crippen LogP contribution < -0.4 is 0 Å². The van der Waals surface area contributed by atoms with E-state index in [2.05, 4.69) is 25.7 Å². The van der Waals surface area contributed by atoms with Gasteiger partial charge in [-0.3, -0.25) is 9.69 Å². The molecule has 0 N–H and O–H groups in total. The third-order valence-electron chi connectivity index (χ3n) is 2.50. The molecule has 1 fully saturated rings. The quantitative estimate of drug-likeness (QED) is 0.624. The summed E-state index contributed by atoms with van der Waals surface area (Å²) in [5.41, 5.74) is 0. The van der Waals surface area contributed by atoms with E-state index >= 15 is 0 Å². The lowest BCUT2D eigenvalue weighted by Crippen LogP contribution is -2.44. The molecule has 1 unspecified atom stereocenters. The number of Topliss-reactive ketones (excluding diaryl/α,β-unsaturated/α-hetero) is 1. The standard InChI is InChI=1S/C9H17NOS/c1-6(11)8-9(3,4)12-7(2)10(8)5/h7-8H,1-5H3/t7?,8-/m1/s1. The van der Waals surface area contributed by atoms with Gasteiger partial charge in [0.25, 0.3) is 0 Å². The van der Waals surface area contributed by atoms with Crippen molar-refractivity contribution in [2.75, 3.05) is 7.05 Å². The molecule has 0 aliphatic carbocycles. The summed E-state index contributed by atoms with van der Waals surface area (Å²) < 4.78 is 0.0694. The summed E-state index contributed by atoms with van der Waals surface area (Å²) in [7, 11) is 2.03. The molecule has 0 aromatic carbocycles. The monoisotopic (exact) mass is 187 g/mol. The van der Waals surface area contributed by atoms with E-state index in [1.807, 2.05) is 18.8 Å². The average Bonchev–Trinajstić information content (AvgIpc) is 2.01. The highest BCUT2D eigenvalue weighted by atomic mass is 32.2. The normalized spacial score (nSPS) is 35.4. The van der Waals surface area contributed by atoms with Gasteiger partial charge in [0.05, 0.1) is 11.4 Å². The van der Waals surface area contributed by atoms with Gasteiger partial charge in [0.15, 0.2) is 0 Å². The lowest BCUT2D eigenvalue weighted by Gasteiger charge is -2.26. The summed E-state index contributed by atoms with van der Waals surface area (Å²) in [5.74, 6) is 0.277. The molecule has 2 nitrogen and oxygen atoms in total. The summed E-state index contributed by atoms with van der Waals surface area (Å²) in [4.78, 5) is 13.5. The molecule has 1 rings (SSSR count). The lowest BCUT2D eigenvalue weighted by atomic mass is 9.99. The molecule has 0 saturated carbocycles. The van der Waals surface area contributed by atoms with Crippen LogP contribution in [0.25, 0.3) is 0 Å². The van der Waals surface area contributed by atoms with E-state index in [0.717, 1.165) is 0 Å². The topological polar surface area (TPSA) is 20.3 Å². The predicted octanol–water partition coefficient (Wildman–Crippen LogP) is 1.75. The Morgan fingerprint density at radius 2 is 2.00 bits per heavy atom. The molecule has 1 saturated heterocycles. The van der Waals surface area contributed by atoms with Crippen molar-refractivity contribution in [3.8, 4) is 0 Å². The van der Waals surface area contributed by atoms with Crippen molar-refractivity contribution in [3.05, 3.63) is 0 Å². The number of rotatable bonds is 1. The maximum Gasteiger partial charge on any atom is 0.148 e. The van der Waals surface area contributed by atoms with Crippen LogP contribution in [0.4, 0.5) is 0 Å². The van der Waals surface area contributed by atoms with Crippen LogP contribution in [0.2, 0.25) is 0 Å². The third kappa shape index (κ3) is 1.52. The first kappa shape index (κ1) is 10.1. The number of likely N-dealkylation sites (N-methyl/N-ethyl adjacent to an activating group) is 1. The zero-order valence-corrected chi connectivity index (χ0v) is 9.23. The van der Waals surface area contributed by atoms with E-state index in [-0.39, 0.29) is 16.6 Å². The fourth-order valence-corrected chi connectivity index (χ4v) is 3.69. The van der Waals surface area contributed by atoms with Crippen LogP contribution in [-0.2, 0) is 4.79 Å². The van der Waals surface area contributed by atoms with Crippen molar-refractivity contribution in [2.45, 2.75) is 43.9 Å². The van der Waals surface area contributed by atoms with E-state index in [1.54, 1.807) is 6.92 Å². The second kappa shape index (κ2) is 3.04. The highest BCUT2D eigenvalue weighted by Crippen LogP contribution is 2.43. The molecule has 1 heterocycles. The Balaban J connectivity index is 2.89. The average molecular weight is 187 g/mol. The second-order valence-corrected chi connectivity index (χ2v) is 5.97. The van der Waals surface area contributed by atoms with Crippen molar-refractivity contribution >= 4 is 17.5 Å². The highest BCUT2D eigenvalue weighted by Gasteiger charge is 2.45. The molecular weight excluding hydrogens is 170 g/mol. The molecule has 0 aromatic heterocycles. The van der Waals surface area contributed by atoms with Gasteiger partial charge in [0, 0.05) is 4.75 Å². The minimum Gasteiger partial charge on any atom is -0.298 e. The molecule has 0 spiro atoms. The maximum absolute atomic E-state index is 11.4. The number of ketones is 1. The van der Waals surface area contributed by atoms with Crippen LogP contribution in [0.1, 0.15) is 27.7 Å². The van der Waals surface area contributed by atoms with Gasteiger partial charge in [-0.1, -0.05) is 0 Å². The number of thioether (sulfide) groups is 1. The molecule has 0 aromatic rings. The molecule has 1 aliphatic heterocycles. The van der Waals surface area contributed by atoms with E-state index < -0.39 is 0 Å². The molecule has 0 bridgehead atoms. The lowest BCUT2D eigenvalue weighted by molar-refractivity contribution is -0.122. The number of hydrogen-bond acceptors (Lipinski definition) is 3. The number of hydrogen-bond donors (Lipinski definition) is 0. The van der Waals surface area contributed by atoms with Gasteiger partial charge in [0.1, 0.15) is 5.78 Å². The van der Waals surface area contributed by atoms with Crippen molar-refractivity contribution in [1.29, 1.82) is 0 Å². The van der Waals surface area contributed by atoms with Gasteiger partial charge in [0.2, 0.25) is 0 Å². The first-order chi connectivity index (χ1) is 5.36. The van der Waals surface area contributed by atoms with Gasteiger partial charge in [-0.25, -0.2) is 0 Å². The Hall–Kier alpha value is -0.0200. The van der Waals surface area contributed by atoms with Gasteiger partial charge < -0.3 is 0 Å². The first-order valence-corrected chi connectivity index (χ1v) is 5.14. The van der Waals surface area contributed by atoms with E-state index in [1.165, 1.54) is 0 Å². The Labute approximate surface area is 78.7 Å². The fraction of sp³-hybridized carbons (Fsp3) is 0.889. The number of carbonyl (C=O) groups excluding carboxylic acids is 1. The molecule has 2 atom stereocenters. The van der Waals surface area contributed by atoms with Crippen LogP contribution in [0.15, 0.2) is 0 Å². The van der Waals surface area contributed by atoms with Crippen molar-refractivity contribution in [1.82, 2.24) is 4.90 Å². The van der Waals surface area contributed by atoms with Crippen molar-refractivity contribution in [2.24, 2.45) is 0 Å². The van der Waals surface area contributed by atoms with Crippen LogP contribution in [0.5, 0.6) is 0 Å². The highest BCUT2D eigenvalue weighted by molar-refractivity contribution is 8.01. The second-order valence-electron chi connectivity index (χ2n) is 4.00. The molecule has 1 aliphatic rings. The molecular formula is C9H17NOS. The third-order valence-corrected chi connectivity index (χ3v) is 4.00. The van der Waals surface area contributed by atoms with Crippen molar-refractivity contribution < 1.29 is 4.79 Å².